The highest BCUT2D eigenvalue weighted by atomic mass is 32.2. The van der Waals surface area contributed by atoms with Crippen molar-refractivity contribution < 1.29 is 8.42 Å². The number of thiophene rings is 1. The van der Waals surface area contributed by atoms with Crippen LogP contribution in [0.15, 0.2) is 27.9 Å². The van der Waals surface area contributed by atoms with E-state index >= 15 is 0 Å². The monoisotopic (exact) mass is 314 g/mol. The van der Waals surface area contributed by atoms with Gasteiger partial charge in [-0.25, -0.2) is 13.5 Å². The van der Waals surface area contributed by atoms with Crippen molar-refractivity contribution in [1.82, 2.24) is 15.5 Å². The second-order valence-corrected chi connectivity index (χ2v) is 7.07. The summed E-state index contributed by atoms with van der Waals surface area (Å²) in [7, 11) is -1.91. The van der Waals surface area contributed by atoms with Gasteiger partial charge in [0.15, 0.2) is 5.82 Å². The minimum atomic E-state index is -3.71. The molecule has 0 aromatic carbocycles. The number of aryl methyl sites for hydroxylation is 1. The third-order valence-corrected chi connectivity index (χ3v) is 5.14. The van der Waals surface area contributed by atoms with Crippen LogP contribution in [0.1, 0.15) is 9.75 Å². The maximum Gasteiger partial charge on any atom is 0.264 e. The SMILES string of the molecule is CNCc1cc(S(=O)(=O)Nc2ccc(=O)[nH]n2)c(C)s1. The molecule has 2 aromatic heterocycles. The molecule has 0 saturated heterocycles. The van der Waals surface area contributed by atoms with Gasteiger partial charge in [0.05, 0.1) is 0 Å². The van der Waals surface area contributed by atoms with Crippen molar-refractivity contribution in [3.63, 3.8) is 0 Å². The lowest BCUT2D eigenvalue weighted by Gasteiger charge is -2.05. The van der Waals surface area contributed by atoms with E-state index in [2.05, 4.69) is 20.2 Å². The Hall–Kier alpha value is -1.71. The Kier molecular flexibility index (Phi) is 4.21. The molecule has 108 valence electrons. The number of aromatic amines is 1. The summed E-state index contributed by atoms with van der Waals surface area (Å²) in [6, 6.07) is 4.15. The summed E-state index contributed by atoms with van der Waals surface area (Å²) < 4.78 is 26.9. The summed E-state index contributed by atoms with van der Waals surface area (Å²) >= 11 is 1.42. The van der Waals surface area contributed by atoms with Crippen LogP contribution in [-0.2, 0) is 16.6 Å². The van der Waals surface area contributed by atoms with E-state index in [0.29, 0.717) is 11.4 Å². The van der Waals surface area contributed by atoms with Crippen LogP contribution in [0.2, 0.25) is 0 Å². The van der Waals surface area contributed by atoms with E-state index in [0.717, 1.165) is 4.88 Å². The molecule has 0 aliphatic heterocycles. The van der Waals surface area contributed by atoms with E-state index in [1.807, 2.05) is 0 Å². The van der Waals surface area contributed by atoms with Crippen molar-refractivity contribution in [3.8, 4) is 0 Å². The minimum Gasteiger partial charge on any atom is -0.315 e. The number of hydrogen-bond acceptors (Lipinski definition) is 6. The lowest BCUT2D eigenvalue weighted by atomic mass is 10.4. The number of aromatic nitrogens is 2. The molecule has 0 aliphatic carbocycles. The summed E-state index contributed by atoms with van der Waals surface area (Å²) in [5.41, 5.74) is -0.393. The Morgan fingerprint density at radius 2 is 2.15 bits per heavy atom. The second kappa shape index (κ2) is 5.73. The van der Waals surface area contributed by atoms with Gasteiger partial charge >= 0.3 is 0 Å². The molecule has 0 fully saturated rings. The molecular weight excluding hydrogens is 300 g/mol. The second-order valence-electron chi connectivity index (χ2n) is 4.08. The third-order valence-electron chi connectivity index (χ3n) is 2.48. The molecule has 0 radical (unpaired) electrons. The van der Waals surface area contributed by atoms with Gasteiger partial charge in [-0.15, -0.1) is 11.3 Å². The van der Waals surface area contributed by atoms with Crippen molar-refractivity contribution in [2.24, 2.45) is 0 Å². The highest BCUT2D eigenvalue weighted by molar-refractivity contribution is 7.93. The van der Waals surface area contributed by atoms with Gasteiger partial charge < -0.3 is 5.32 Å². The molecule has 0 spiro atoms. The van der Waals surface area contributed by atoms with Gasteiger partial charge in [-0.3, -0.25) is 9.52 Å². The van der Waals surface area contributed by atoms with E-state index in [-0.39, 0.29) is 10.7 Å². The zero-order valence-electron chi connectivity index (χ0n) is 10.9. The van der Waals surface area contributed by atoms with Crippen LogP contribution in [0.4, 0.5) is 5.82 Å². The average Bonchev–Trinajstić information content (AvgIpc) is 2.74. The topological polar surface area (TPSA) is 104 Å². The number of anilines is 1. The van der Waals surface area contributed by atoms with Crippen LogP contribution in [0.25, 0.3) is 0 Å². The summed E-state index contributed by atoms with van der Waals surface area (Å²) in [5, 5.41) is 8.77. The number of hydrogen-bond donors (Lipinski definition) is 3. The Morgan fingerprint density at radius 1 is 1.40 bits per heavy atom. The van der Waals surface area contributed by atoms with E-state index in [1.165, 1.54) is 23.5 Å². The van der Waals surface area contributed by atoms with Crippen LogP contribution in [0.3, 0.4) is 0 Å². The van der Waals surface area contributed by atoms with Crippen molar-refractivity contribution in [1.29, 1.82) is 0 Å². The average molecular weight is 314 g/mol. The van der Waals surface area contributed by atoms with Crippen molar-refractivity contribution in [3.05, 3.63) is 38.3 Å². The normalized spacial score (nSPS) is 11.5. The predicted octanol–water partition coefficient (Wildman–Crippen LogP) is 0.660. The Labute approximate surface area is 120 Å². The Bertz CT molecular complexity index is 744. The number of H-pyrrole nitrogens is 1. The van der Waals surface area contributed by atoms with E-state index < -0.39 is 15.6 Å². The molecule has 0 aliphatic rings. The van der Waals surface area contributed by atoms with Crippen LogP contribution < -0.4 is 15.6 Å². The van der Waals surface area contributed by atoms with Crippen LogP contribution in [0, 0.1) is 6.92 Å². The fraction of sp³-hybridized carbons (Fsp3) is 0.273. The minimum absolute atomic E-state index is 0.0744. The molecular formula is C11H14N4O3S2. The molecule has 0 saturated carbocycles. The maximum atomic E-state index is 12.3. The quantitative estimate of drug-likeness (QED) is 0.752. The molecule has 2 rings (SSSR count). The smallest absolute Gasteiger partial charge is 0.264 e. The molecule has 20 heavy (non-hydrogen) atoms. The Morgan fingerprint density at radius 3 is 2.75 bits per heavy atom. The van der Waals surface area contributed by atoms with Gasteiger partial charge in [-0.2, -0.15) is 5.10 Å². The number of sulfonamides is 1. The zero-order valence-corrected chi connectivity index (χ0v) is 12.6. The number of nitrogens with zero attached hydrogens (tertiary/aromatic N) is 1. The van der Waals surface area contributed by atoms with E-state index in [1.54, 1.807) is 20.0 Å². The van der Waals surface area contributed by atoms with Gasteiger partial charge in [0.25, 0.3) is 15.6 Å². The molecule has 9 heteroatoms. The highest BCUT2D eigenvalue weighted by Crippen LogP contribution is 2.26. The molecule has 2 aromatic rings. The van der Waals surface area contributed by atoms with E-state index in [9.17, 15) is 13.2 Å². The molecule has 0 bridgehead atoms. The van der Waals surface area contributed by atoms with Gasteiger partial charge in [0, 0.05) is 22.4 Å². The number of rotatable bonds is 5. The van der Waals surface area contributed by atoms with Crippen LogP contribution in [-0.4, -0.2) is 25.7 Å². The standard InChI is InChI=1S/C11H14N4O3S2/c1-7-9(5-8(19-7)6-12-2)20(17,18)15-10-3-4-11(16)14-13-10/h3-5,12H,6H2,1-2H3,(H,13,15)(H,14,16). The van der Waals surface area contributed by atoms with Crippen molar-refractivity contribution in [2.45, 2.75) is 18.4 Å². The molecule has 0 amide bonds. The van der Waals surface area contributed by atoms with Crippen LogP contribution >= 0.6 is 11.3 Å². The summed E-state index contributed by atoms with van der Waals surface area (Å²) in [4.78, 5) is 12.7. The first-order chi connectivity index (χ1) is 9.42. The van der Waals surface area contributed by atoms with Gasteiger partial charge in [-0.1, -0.05) is 0 Å². The fourth-order valence-electron chi connectivity index (χ4n) is 1.65. The first-order valence-electron chi connectivity index (χ1n) is 5.75. The van der Waals surface area contributed by atoms with Crippen molar-refractivity contribution in [2.75, 3.05) is 11.8 Å². The fourth-order valence-corrected chi connectivity index (χ4v) is 4.30. The highest BCUT2D eigenvalue weighted by Gasteiger charge is 2.20. The lowest BCUT2D eigenvalue weighted by molar-refractivity contribution is 0.600. The maximum absolute atomic E-state index is 12.3. The molecule has 0 atom stereocenters. The third kappa shape index (κ3) is 3.24. The molecule has 3 N–H and O–H groups in total. The van der Waals surface area contributed by atoms with Gasteiger partial charge in [0.2, 0.25) is 0 Å². The molecule has 2 heterocycles. The summed E-state index contributed by atoms with van der Waals surface area (Å²) in [6.07, 6.45) is 0. The predicted molar refractivity (Wildman–Crippen MR) is 77.5 cm³/mol. The van der Waals surface area contributed by atoms with E-state index in [4.69, 9.17) is 0 Å². The van der Waals surface area contributed by atoms with Crippen molar-refractivity contribution >= 4 is 27.2 Å². The first kappa shape index (κ1) is 14.7. The molecule has 7 nitrogen and oxygen atoms in total. The van der Waals surface area contributed by atoms with Gasteiger partial charge in [-0.05, 0) is 26.1 Å². The number of nitrogens with one attached hydrogen (secondary N) is 3. The zero-order chi connectivity index (χ0) is 14.8. The van der Waals surface area contributed by atoms with Crippen LogP contribution in [0.5, 0.6) is 0 Å². The lowest BCUT2D eigenvalue weighted by Crippen LogP contribution is -2.16. The summed E-state index contributed by atoms with van der Waals surface area (Å²) in [5.74, 6) is 0.0744. The van der Waals surface area contributed by atoms with Gasteiger partial charge in [0.1, 0.15) is 4.90 Å². The largest absolute Gasteiger partial charge is 0.315 e. The first-order valence-corrected chi connectivity index (χ1v) is 8.05. The summed E-state index contributed by atoms with van der Waals surface area (Å²) in [6.45, 7) is 2.36. The molecule has 0 unspecified atom stereocenters. The Balaban J connectivity index is 2.30.